The Hall–Kier alpha value is -3.88. The van der Waals surface area contributed by atoms with Gasteiger partial charge in [0.25, 0.3) is 5.91 Å². The fraction of sp³-hybridized carbons (Fsp3) is 0.182. The van der Waals surface area contributed by atoms with E-state index in [1.807, 2.05) is 12.1 Å². The van der Waals surface area contributed by atoms with Crippen molar-refractivity contribution in [3.63, 3.8) is 0 Å². The number of carbonyl (C=O) groups excluding carboxylic acids is 1. The van der Waals surface area contributed by atoms with E-state index in [9.17, 15) is 13.6 Å². The fourth-order valence-corrected chi connectivity index (χ4v) is 3.65. The second-order valence-electron chi connectivity index (χ2n) is 7.08. The van der Waals surface area contributed by atoms with Gasteiger partial charge in [0.05, 0.1) is 5.69 Å². The Labute approximate surface area is 177 Å². The van der Waals surface area contributed by atoms with Gasteiger partial charge in [-0.2, -0.15) is 8.78 Å². The van der Waals surface area contributed by atoms with Crippen molar-refractivity contribution in [1.82, 2.24) is 14.9 Å². The lowest BCUT2D eigenvalue weighted by Crippen LogP contribution is -2.41. The summed E-state index contributed by atoms with van der Waals surface area (Å²) in [7, 11) is 1.54. The minimum absolute atomic E-state index is 0.0272. The zero-order chi connectivity index (χ0) is 22.2. The summed E-state index contributed by atoms with van der Waals surface area (Å²) in [6, 6.07) is 13.6. The Morgan fingerprint density at radius 3 is 2.52 bits per heavy atom. The maximum absolute atomic E-state index is 13.4. The van der Waals surface area contributed by atoms with Crippen LogP contribution in [0.4, 0.5) is 8.78 Å². The SMILES string of the molecule is Cc1cc(C2(c3cccc(-c4ccncn4)c3)N=C(N)N(C)C2=O)ccc1OC(F)F. The first kappa shape index (κ1) is 20.4. The lowest BCUT2D eigenvalue weighted by Gasteiger charge is -2.27. The molecule has 1 aromatic heterocycles. The number of halogens is 2. The molecule has 2 aromatic carbocycles. The van der Waals surface area contributed by atoms with Crippen molar-refractivity contribution in [3.8, 4) is 17.0 Å². The van der Waals surface area contributed by atoms with E-state index in [2.05, 4.69) is 19.7 Å². The number of aromatic nitrogens is 2. The van der Waals surface area contributed by atoms with Crippen LogP contribution in [0.2, 0.25) is 0 Å². The molecular formula is C22H19F2N5O2. The molecule has 2 heterocycles. The summed E-state index contributed by atoms with van der Waals surface area (Å²) in [6.45, 7) is -1.32. The zero-order valence-corrected chi connectivity index (χ0v) is 16.8. The average molecular weight is 423 g/mol. The van der Waals surface area contributed by atoms with Crippen LogP contribution in [0.5, 0.6) is 5.75 Å². The summed E-state index contributed by atoms with van der Waals surface area (Å²) in [4.78, 5) is 27.4. The molecule has 0 bridgehead atoms. The molecule has 0 aliphatic carbocycles. The molecule has 1 aliphatic heterocycles. The van der Waals surface area contributed by atoms with Gasteiger partial charge >= 0.3 is 6.61 Å². The molecule has 1 atom stereocenters. The van der Waals surface area contributed by atoms with E-state index in [-0.39, 0.29) is 17.6 Å². The number of rotatable bonds is 5. The van der Waals surface area contributed by atoms with Gasteiger partial charge in [-0.1, -0.05) is 24.3 Å². The molecule has 158 valence electrons. The number of alkyl halides is 2. The lowest BCUT2D eigenvalue weighted by molar-refractivity contribution is -0.129. The molecule has 7 nitrogen and oxygen atoms in total. The molecule has 2 N–H and O–H groups in total. The minimum Gasteiger partial charge on any atom is -0.435 e. The average Bonchev–Trinajstić information content (AvgIpc) is 3.00. The van der Waals surface area contributed by atoms with E-state index in [1.165, 1.54) is 17.3 Å². The molecular weight excluding hydrogens is 404 g/mol. The number of benzene rings is 2. The third-order valence-electron chi connectivity index (χ3n) is 5.21. The van der Waals surface area contributed by atoms with Crippen molar-refractivity contribution in [2.75, 3.05) is 7.05 Å². The summed E-state index contributed by atoms with van der Waals surface area (Å²) in [5.74, 6) is -0.269. The predicted molar refractivity (Wildman–Crippen MR) is 110 cm³/mol. The van der Waals surface area contributed by atoms with Crippen LogP contribution in [0.3, 0.4) is 0 Å². The second-order valence-corrected chi connectivity index (χ2v) is 7.08. The van der Waals surface area contributed by atoms with Crippen molar-refractivity contribution >= 4 is 11.9 Å². The molecule has 1 aliphatic rings. The minimum atomic E-state index is -2.95. The number of nitrogens with zero attached hydrogens (tertiary/aromatic N) is 4. The van der Waals surface area contributed by atoms with Crippen LogP contribution >= 0.6 is 0 Å². The molecule has 31 heavy (non-hydrogen) atoms. The number of ether oxygens (including phenoxy) is 1. The number of nitrogens with two attached hydrogens (primary N) is 1. The third-order valence-corrected chi connectivity index (χ3v) is 5.21. The van der Waals surface area contributed by atoms with Gasteiger partial charge in [-0.25, -0.2) is 15.0 Å². The molecule has 3 aromatic rings. The van der Waals surface area contributed by atoms with Gasteiger partial charge in [-0.15, -0.1) is 0 Å². The van der Waals surface area contributed by atoms with Crippen LogP contribution < -0.4 is 10.5 Å². The van der Waals surface area contributed by atoms with E-state index < -0.39 is 12.2 Å². The molecule has 0 saturated heterocycles. The Bertz CT molecular complexity index is 1170. The van der Waals surface area contributed by atoms with Gasteiger partial charge in [0.1, 0.15) is 12.1 Å². The third kappa shape index (κ3) is 3.48. The van der Waals surface area contributed by atoms with Gasteiger partial charge in [-0.05, 0) is 47.9 Å². The van der Waals surface area contributed by atoms with Gasteiger partial charge in [0.2, 0.25) is 0 Å². The van der Waals surface area contributed by atoms with Crippen molar-refractivity contribution in [2.24, 2.45) is 10.7 Å². The number of amides is 1. The second kappa shape index (κ2) is 7.75. The van der Waals surface area contributed by atoms with Crippen LogP contribution in [0.15, 0.2) is 66.0 Å². The fourth-order valence-electron chi connectivity index (χ4n) is 3.65. The lowest BCUT2D eigenvalue weighted by atomic mass is 9.81. The van der Waals surface area contributed by atoms with Crippen LogP contribution in [-0.4, -0.2) is 40.4 Å². The normalized spacial score (nSPS) is 18.4. The largest absolute Gasteiger partial charge is 0.435 e. The highest BCUT2D eigenvalue weighted by atomic mass is 19.3. The Kier molecular flexibility index (Phi) is 5.10. The van der Waals surface area contributed by atoms with E-state index >= 15 is 0 Å². The zero-order valence-electron chi connectivity index (χ0n) is 16.8. The van der Waals surface area contributed by atoms with E-state index in [0.29, 0.717) is 22.4 Å². The highest BCUT2D eigenvalue weighted by Gasteiger charge is 2.49. The van der Waals surface area contributed by atoms with Crippen molar-refractivity contribution < 1.29 is 18.3 Å². The van der Waals surface area contributed by atoms with Gasteiger partial charge in [0.15, 0.2) is 11.5 Å². The van der Waals surface area contributed by atoms with Crippen LogP contribution in [0.1, 0.15) is 16.7 Å². The number of likely N-dealkylation sites (N-methyl/N-ethyl adjacent to an activating group) is 1. The Morgan fingerprint density at radius 1 is 1.13 bits per heavy atom. The molecule has 0 fully saturated rings. The first-order valence-electron chi connectivity index (χ1n) is 9.39. The number of hydrogen-bond acceptors (Lipinski definition) is 6. The van der Waals surface area contributed by atoms with Gasteiger partial charge in [-0.3, -0.25) is 9.69 Å². The molecule has 9 heteroatoms. The maximum Gasteiger partial charge on any atom is 0.387 e. The monoisotopic (exact) mass is 423 g/mol. The summed E-state index contributed by atoms with van der Waals surface area (Å²) in [5, 5.41) is 0. The first-order chi connectivity index (χ1) is 14.8. The van der Waals surface area contributed by atoms with Crippen LogP contribution in [-0.2, 0) is 10.3 Å². The Balaban J connectivity index is 1.90. The van der Waals surface area contributed by atoms with E-state index in [1.54, 1.807) is 50.5 Å². The summed E-state index contributed by atoms with van der Waals surface area (Å²) < 4.78 is 29.9. The predicted octanol–water partition coefficient (Wildman–Crippen LogP) is 3.08. The molecule has 0 saturated carbocycles. The van der Waals surface area contributed by atoms with E-state index in [4.69, 9.17) is 5.73 Å². The highest BCUT2D eigenvalue weighted by Crippen LogP contribution is 2.41. The van der Waals surface area contributed by atoms with Crippen LogP contribution in [0.25, 0.3) is 11.3 Å². The molecule has 0 spiro atoms. The summed E-state index contributed by atoms with van der Waals surface area (Å²) in [5.41, 5.74) is 7.51. The molecule has 0 radical (unpaired) electrons. The number of aryl methyl sites for hydroxylation is 1. The first-order valence-corrected chi connectivity index (χ1v) is 9.39. The topological polar surface area (TPSA) is 93.7 Å². The standard InChI is InChI=1S/C22H19F2N5O2/c1-13-10-16(6-7-18(13)31-20(23)24)22(19(30)29(2)21(25)28-22)15-5-3-4-14(11-15)17-8-9-26-12-27-17/h3-12,20H,1-2H3,(H2,25,28). The number of aliphatic imine (C=N–C) groups is 1. The quantitative estimate of drug-likeness (QED) is 0.681. The summed E-state index contributed by atoms with van der Waals surface area (Å²) in [6.07, 6.45) is 3.06. The van der Waals surface area contributed by atoms with Gasteiger partial charge in [0, 0.05) is 18.8 Å². The number of guanidine groups is 1. The number of carbonyl (C=O) groups is 1. The number of hydrogen-bond donors (Lipinski definition) is 1. The smallest absolute Gasteiger partial charge is 0.387 e. The van der Waals surface area contributed by atoms with Crippen LogP contribution in [0, 0.1) is 6.92 Å². The molecule has 4 rings (SSSR count). The van der Waals surface area contributed by atoms with Crippen molar-refractivity contribution in [3.05, 3.63) is 77.7 Å². The van der Waals surface area contributed by atoms with E-state index in [0.717, 1.165) is 5.56 Å². The van der Waals surface area contributed by atoms with Crippen molar-refractivity contribution in [1.29, 1.82) is 0 Å². The molecule has 1 amide bonds. The van der Waals surface area contributed by atoms with Crippen molar-refractivity contribution in [2.45, 2.75) is 19.1 Å². The summed E-state index contributed by atoms with van der Waals surface area (Å²) >= 11 is 0. The molecule has 1 unspecified atom stereocenters. The van der Waals surface area contributed by atoms with Gasteiger partial charge < -0.3 is 10.5 Å². The maximum atomic E-state index is 13.4. The highest BCUT2D eigenvalue weighted by molar-refractivity contribution is 6.09. The Morgan fingerprint density at radius 2 is 1.90 bits per heavy atom.